The number of rotatable bonds is 6. The van der Waals surface area contributed by atoms with E-state index >= 15 is 0 Å². The highest BCUT2D eigenvalue weighted by molar-refractivity contribution is 8.14. The molecular weight excluding hydrogens is 414 g/mol. The summed E-state index contributed by atoms with van der Waals surface area (Å²) in [5, 5.41) is 1.50. The third-order valence-electron chi connectivity index (χ3n) is 3.72. The van der Waals surface area contributed by atoms with E-state index in [4.69, 9.17) is 10.5 Å². The first-order chi connectivity index (χ1) is 12.9. The van der Waals surface area contributed by atoms with Crippen LogP contribution in [0.4, 0.5) is 0 Å². The normalized spacial score (nSPS) is 21.4. The molecule has 1 amide bonds. The molecule has 2 N–H and O–H groups in total. The Morgan fingerprint density at radius 1 is 1.41 bits per heavy atom. The Bertz CT molecular complexity index is 810. The van der Waals surface area contributed by atoms with Gasteiger partial charge >= 0.3 is 11.9 Å². The third-order valence-corrected chi connectivity index (χ3v) is 6.93. The zero-order valence-electron chi connectivity index (χ0n) is 14.1. The highest BCUT2D eigenvalue weighted by Crippen LogP contribution is 2.40. The number of ether oxygens (including phenoxy) is 2. The van der Waals surface area contributed by atoms with E-state index in [1.165, 1.54) is 41.1 Å². The molecule has 12 heteroatoms. The SMILES string of the molecule is CC(=O)OCOC(=O)C1=C(CSC(=O)c2nccs2)CS[C@H]2C(N)C(=O)N12. The molecule has 0 spiro atoms. The molecule has 1 unspecified atom stereocenters. The lowest BCUT2D eigenvalue weighted by Gasteiger charge is -2.48. The lowest BCUT2D eigenvalue weighted by molar-refractivity contribution is -0.166. The van der Waals surface area contributed by atoms with E-state index in [-0.39, 0.29) is 27.8 Å². The summed E-state index contributed by atoms with van der Waals surface area (Å²) in [5.74, 6) is -1.15. The molecule has 2 aliphatic rings. The Morgan fingerprint density at radius 3 is 2.85 bits per heavy atom. The van der Waals surface area contributed by atoms with Crippen molar-refractivity contribution in [2.45, 2.75) is 18.3 Å². The minimum absolute atomic E-state index is 0.0667. The van der Waals surface area contributed by atoms with E-state index in [0.717, 1.165) is 11.8 Å². The average molecular weight is 430 g/mol. The van der Waals surface area contributed by atoms with Crippen LogP contribution in [0.2, 0.25) is 0 Å². The van der Waals surface area contributed by atoms with Crippen LogP contribution in [0, 0.1) is 0 Å². The minimum Gasteiger partial charge on any atom is -0.428 e. The van der Waals surface area contributed by atoms with Gasteiger partial charge in [-0.05, 0) is 5.57 Å². The van der Waals surface area contributed by atoms with Crippen LogP contribution in [0.3, 0.4) is 0 Å². The maximum atomic E-state index is 12.5. The summed E-state index contributed by atoms with van der Waals surface area (Å²) in [7, 11) is 0. The quantitative estimate of drug-likeness (QED) is 0.389. The second-order valence-electron chi connectivity index (χ2n) is 5.49. The molecule has 1 fully saturated rings. The summed E-state index contributed by atoms with van der Waals surface area (Å²) in [4.78, 5) is 52.9. The van der Waals surface area contributed by atoms with Crippen LogP contribution < -0.4 is 5.73 Å². The molecule has 9 nitrogen and oxygen atoms in total. The number of fused-ring (bicyclic) bond motifs is 1. The van der Waals surface area contributed by atoms with Gasteiger partial charge in [-0.3, -0.25) is 19.3 Å². The van der Waals surface area contributed by atoms with E-state index in [1.54, 1.807) is 5.38 Å². The number of nitrogens with two attached hydrogens (primary N) is 1. The molecule has 0 aromatic carbocycles. The van der Waals surface area contributed by atoms with Crippen LogP contribution >= 0.6 is 34.9 Å². The van der Waals surface area contributed by atoms with Gasteiger partial charge in [0.25, 0.3) is 0 Å². The largest absolute Gasteiger partial charge is 0.428 e. The Morgan fingerprint density at radius 2 is 2.19 bits per heavy atom. The first-order valence-electron chi connectivity index (χ1n) is 7.69. The fourth-order valence-corrected chi connectivity index (χ4v) is 5.38. The molecule has 1 aromatic heterocycles. The van der Waals surface area contributed by atoms with Crippen molar-refractivity contribution >= 4 is 57.8 Å². The molecule has 2 aliphatic heterocycles. The van der Waals surface area contributed by atoms with Crippen LogP contribution in [0.25, 0.3) is 0 Å². The third kappa shape index (κ3) is 4.18. The number of hydrogen-bond acceptors (Lipinski definition) is 11. The van der Waals surface area contributed by atoms with Crippen molar-refractivity contribution < 1.29 is 28.7 Å². The molecular formula is C15H15N3O6S3. The Kier molecular flexibility index (Phi) is 6.19. The summed E-state index contributed by atoms with van der Waals surface area (Å²) in [6, 6.07) is -0.683. The maximum absolute atomic E-state index is 12.5. The van der Waals surface area contributed by atoms with Gasteiger partial charge in [-0.1, -0.05) is 11.8 Å². The van der Waals surface area contributed by atoms with Crippen molar-refractivity contribution in [1.29, 1.82) is 0 Å². The summed E-state index contributed by atoms with van der Waals surface area (Å²) in [5.41, 5.74) is 6.44. The zero-order valence-corrected chi connectivity index (χ0v) is 16.5. The van der Waals surface area contributed by atoms with Gasteiger partial charge in [0.05, 0.1) is 0 Å². The zero-order chi connectivity index (χ0) is 19.6. The summed E-state index contributed by atoms with van der Waals surface area (Å²) in [6.07, 6.45) is 1.54. The minimum atomic E-state index is -0.793. The number of amides is 1. The second kappa shape index (κ2) is 8.42. The highest BCUT2D eigenvalue weighted by atomic mass is 32.2. The summed E-state index contributed by atoms with van der Waals surface area (Å²) >= 11 is 3.65. The molecule has 1 aromatic rings. The summed E-state index contributed by atoms with van der Waals surface area (Å²) in [6.45, 7) is 0.632. The van der Waals surface area contributed by atoms with Crippen LogP contribution in [-0.2, 0) is 23.9 Å². The highest BCUT2D eigenvalue weighted by Gasteiger charge is 2.52. The number of carbonyl (C=O) groups is 4. The van der Waals surface area contributed by atoms with Gasteiger partial charge in [-0.25, -0.2) is 9.78 Å². The number of carbonyl (C=O) groups excluding carboxylic acids is 4. The van der Waals surface area contributed by atoms with Gasteiger partial charge in [0.1, 0.15) is 17.1 Å². The van der Waals surface area contributed by atoms with Crippen LogP contribution in [0.15, 0.2) is 22.8 Å². The fourth-order valence-electron chi connectivity index (χ4n) is 2.45. The predicted molar refractivity (Wildman–Crippen MR) is 99.7 cm³/mol. The standard InChI is InChI=1S/C15H15N3O6S3/c1-7(19)23-6-24-14(21)10-8(4-26-13-9(16)12(20)18(10)13)5-27-15(22)11-17-2-3-25-11/h2-3,9,13H,4-6,16H2,1H3/t9?,13-/m0/s1. The Hall–Kier alpha value is -1.89. The van der Waals surface area contributed by atoms with E-state index in [2.05, 4.69) is 9.72 Å². The first kappa shape index (κ1) is 19.9. The fraction of sp³-hybridized carbons (Fsp3) is 0.400. The van der Waals surface area contributed by atoms with Crippen LogP contribution in [0.1, 0.15) is 16.7 Å². The Labute approximate surface area is 166 Å². The number of thioether (sulfide) groups is 2. The monoisotopic (exact) mass is 429 g/mol. The van der Waals surface area contributed by atoms with E-state index < -0.39 is 24.8 Å². The van der Waals surface area contributed by atoms with E-state index in [0.29, 0.717) is 16.3 Å². The molecule has 2 atom stereocenters. The van der Waals surface area contributed by atoms with Gasteiger partial charge in [0.15, 0.2) is 5.01 Å². The van der Waals surface area contributed by atoms with Crippen molar-refractivity contribution in [2.75, 3.05) is 18.3 Å². The number of hydrogen-bond donors (Lipinski definition) is 1. The number of aromatic nitrogens is 1. The van der Waals surface area contributed by atoms with Gasteiger partial charge < -0.3 is 15.2 Å². The van der Waals surface area contributed by atoms with Crippen LogP contribution in [-0.4, -0.2) is 62.6 Å². The topological polar surface area (TPSA) is 129 Å². The van der Waals surface area contributed by atoms with Crippen molar-refractivity contribution in [3.63, 3.8) is 0 Å². The van der Waals surface area contributed by atoms with Crippen LogP contribution in [0.5, 0.6) is 0 Å². The summed E-state index contributed by atoms with van der Waals surface area (Å²) < 4.78 is 9.56. The van der Waals surface area contributed by atoms with Crippen molar-refractivity contribution in [3.8, 4) is 0 Å². The molecule has 0 saturated carbocycles. The van der Waals surface area contributed by atoms with Crippen molar-refractivity contribution in [3.05, 3.63) is 27.9 Å². The van der Waals surface area contributed by atoms with E-state index in [9.17, 15) is 19.2 Å². The average Bonchev–Trinajstić information content (AvgIpc) is 3.19. The van der Waals surface area contributed by atoms with Gasteiger partial charge in [0, 0.05) is 30.0 Å². The molecule has 27 heavy (non-hydrogen) atoms. The molecule has 144 valence electrons. The molecule has 1 saturated heterocycles. The molecule has 3 heterocycles. The predicted octanol–water partition coefficient (Wildman–Crippen LogP) is 0.577. The number of β-lactam (4-membered cyclic amide) rings is 1. The lowest BCUT2D eigenvalue weighted by atomic mass is 10.0. The first-order valence-corrected chi connectivity index (χ1v) is 10.6. The smallest absolute Gasteiger partial charge is 0.357 e. The molecule has 0 radical (unpaired) electrons. The van der Waals surface area contributed by atoms with Crippen molar-refractivity contribution in [2.24, 2.45) is 5.73 Å². The van der Waals surface area contributed by atoms with Gasteiger partial charge in [0.2, 0.25) is 17.8 Å². The Balaban J connectivity index is 1.75. The number of nitrogens with zero attached hydrogens (tertiary/aromatic N) is 2. The lowest BCUT2D eigenvalue weighted by Crippen LogP contribution is -2.68. The molecule has 0 bridgehead atoms. The molecule has 3 rings (SSSR count). The van der Waals surface area contributed by atoms with Gasteiger partial charge in [-0.2, -0.15) is 0 Å². The number of esters is 2. The maximum Gasteiger partial charge on any atom is 0.357 e. The van der Waals surface area contributed by atoms with E-state index in [1.807, 2.05) is 0 Å². The van der Waals surface area contributed by atoms with Gasteiger partial charge in [-0.15, -0.1) is 23.1 Å². The number of thiazole rings is 1. The van der Waals surface area contributed by atoms with Crippen molar-refractivity contribution in [1.82, 2.24) is 9.88 Å². The second-order valence-corrected chi connectivity index (χ2v) is 8.43. The molecule has 0 aliphatic carbocycles.